The van der Waals surface area contributed by atoms with E-state index in [1.807, 2.05) is 0 Å². The van der Waals surface area contributed by atoms with Crippen LogP contribution in [0.2, 0.25) is 0 Å². The van der Waals surface area contributed by atoms with Gasteiger partial charge >= 0.3 is 11.9 Å². The van der Waals surface area contributed by atoms with Crippen LogP contribution in [0.15, 0.2) is 12.7 Å². The fraction of sp³-hybridized carbons (Fsp3) is 0.762. The highest BCUT2D eigenvalue weighted by molar-refractivity contribution is 6.02. The van der Waals surface area contributed by atoms with E-state index >= 15 is 0 Å². The molecule has 0 aromatic carbocycles. The third-order valence-corrected chi connectivity index (χ3v) is 4.14. The summed E-state index contributed by atoms with van der Waals surface area (Å²) in [7, 11) is 0. The van der Waals surface area contributed by atoms with E-state index in [0.29, 0.717) is 45.3 Å². The highest BCUT2D eigenvalue weighted by Crippen LogP contribution is 2.35. The third-order valence-electron chi connectivity index (χ3n) is 4.14. The molecule has 156 valence electrons. The van der Waals surface area contributed by atoms with Crippen molar-refractivity contribution in [2.24, 2.45) is 5.41 Å². The number of allylic oxidation sites excluding steroid dienone is 1. The van der Waals surface area contributed by atoms with Gasteiger partial charge in [-0.2, -0.15) is 0 Å². The lowest BCUT2D eigenvalue weighted by atomic mass is 9.75. The molecule has 0 aromatic rings. The van der Waals surface area contributed by atoms with Crippen LogP contribution in [0.5, 0.6) is 0 Å². The van der Waals surface area contributed by atoms with Gasteiger partial charge < -0.3 is 14.2 Å². The highest BCUT2D eigenvalue weighted by atomic mass is 16.6. The maximum Gasteiger partial charge on any atom is 0.332 e. The Morgan fingerprint density at radius 1 is 1.04 bits per heavy atom. The summed E-state index contributed by atoms with van der Waals surface area (Å²) in [6.45, 7) is 12.9. The number of ketones is 1. The lowest BCUT2D eigenvalue weighted by molar-refractivity contribution is -0.171. The summed E-state index contributed by atoms with van der Waals surface area (Å²) in [6, 6.07) is 0. The van der Waals surface area contributed by atoms with E-state index in [4.69, 9.17) is 14.2 Å². The van der Waals surface area contributed by atoms with Crippen molar-refractivity contribution in [3.63, 3.8) is 0 Å². The van der Waals surface area contributed by atoms with Crippen LogP contribution in [-0.2, 0) is 28.6 Å². The minimum atomic E-state index is -1.14. The molecule has 6 nitrogen and oxygen atoms in total. The lowest BCUT2D eigenvalue weighted by Gasteiger charge is -2.32. The Labute approximate surface area is 163 Å². The van der Waals surface area contributed by atoms with Gasteiger partial charge in [0, 0.05) is 6.61 Å². The Morgan fingerprint density at radius 2 is 1.67 bits per heavy atom. The molecule has 0 rings (SSSR count). The number of rotatable bonds is 14. The molecule has 0 spiro atoms. The van der Waals surface area contributed by atoms with Crippen LogP contribution in [-0.4, -0.2) is 43.1 Å². The molecule has 0 aliphatic rings. The first kappa shape index (κ1) is 25.3. The van der Waals surface area contributed by atoms with E-state index in [1.165, 1.54) is 6.92 Å². The van der Waals surface area contributed by atoms with Gasteiger partial charge in [-0.3, -0.25) is 9.59 Å². The zero-order valence-electron chi connectivity index (χ0n) is 17.6. The van der Waals surface area contributed by atoms with Gasteiger partial charge in [-0.05, 0) is 73.1 Å². The zero-order valence-corrected chi connectivity index (χ0v) is 17.6. The van der Waals surface area contributed by atoms with Crippen molar-refractivity contribution in [1.82, 2.24) is 0 Å². The van der Waals surface area contributed by atoms with Crippen LogP contribution in [0.25, 0.3) is 0 Å². The van der Waals surface area contributed by atoms with Crippen molar-refractivity contribution >= 4 is 17.7 Å². The number of esters is 2. The second-order valence-corrected chi connectivity index (χ2v) is 7.64. The molecule has 0 bridgehead atoms. The predicted octanol–water partition coefficient (Wildman–Crippen LogP) is 4.01. The van der Waals surface area contributed by atoms with E-state index in [9.17, 15) is 14.4 Å². The Hall–Kier alpha value is -1.69. The molecule has 27 heavy (non-hydrogen) atoms. The van der Waals surface area contributed by atoms with Gasteiger partial charge in [0.15, 0.2) is 0 Å². The number of Topliss-reactive ketones (excluding diaryl/α,β-unsaturated/α-hetero) is 1. The van der Waals surface area contributed by atoms with E-state index < -0.39 is 23.0 Å². The molecule has 0 radical (unpaired) electrons. The third kappa shape index (κ3) is 10.3. The number of hydrogen-bond acceptors (Lipinski definition) is 6. The SMILES string of the molecule is C=CCCCC(CCCCOCC(=O)OCC)(C(C)=O)C(=O)OC(C)(C)C. The monoisotopic (exact) mass is 384 g/mol. The largest absolute Gasteiger partial charge is 0.464 e. The molecule has 0 fully saturated rings. The standard InChI is InChI=1S/C21H36O6/c1-7-9-10-13-21(17(3)22,19(24)27-20(4,5)6)14-11-12-15-25-16-18(23)26-8-2/h7H,1,8-16H2,2-6H3. The van der Waals surface area contributed by atoms with E-state index in [-0.39, 0.29) is 12.4 Å². The maximum absolute atomic E-state index is 12.8. The highest BCUT2D eigenvalue weighted by Gasteiger charge is 2.44. The molecule has 1 unspecified atom stereocenters. The molecule has 0 saturated heterocycles. The Bertz CT molecular complexity index is 491. The number of unbranched alkanes of at least 4 members (excludes halogenated alkanes) is 2. The molecule has 0 aromatic heterocycles. The molecule has 1 atom stereocenters. The molecule has 0 amide bonds. The second-order valence-electron chi connectivity index (χ2n) is 7.64. The molecule has 0 N–H and O–H groups in total. The van der Waals surface area contributed by atoms with Gasteiger partial charge in [-0.1, -0.05) is 6.08 Å². The predicted molar refractivity (Wildman–Crippen MR) is 104 cm³/mol. The maximum atomic E-state index is 12.8. The summed E-state index contributed by atoms with van der Waals surface area (Å²) >= 11 is 0. The molecule has 0 saturated carbocycles. The Kier molecular flexibility index (Phi) is 11.9. The minimum absolute atomic E-state index is 0.0862. The minimum Gasteiger partial charge on any atom is -0.464 e. The van der Waals surface area contributed by atoms with Crippen LogP contribution in [0.1, 0.15) is 73.1 Å². The fourth-order valence-corrected chi connectivity index (χ4v) is 2.74. The zero-order chi connectivity index (χ0) is 20.9. The van der Waals surface area contributed by atoms with Crippen LogP contribution < -0.4 is 0 Å². The summed E-state index contributed by atoms with van der Waals surface area (Å²) in [4.78, 5) is 36.5. The van der Waals surface area contributed by atoms with Gasteiger partial charge in [0.05, 0.1) is 6.61 Å². The number of ether oxygens (including phenoxy) is 3. The fourth-order valence-electron chi connectivity index (χ4n) is 2.74. The number of hydrogen-bond donors (Lipinski definition) is 0. The summed E-state index contributed by atoms with van der Waals surface area (Å²) in [5.74, 6) is -1.03. The molecule has 0 aliphatic carbocycles. The lowest BCUT2D eigenvalue weighted by Crippen LogP contribution is -2.43. The van der Waals surface area contributed by atoms with Crippen LogP contribution in [0.4, 0.5) is 0 Å². The first-order chi connectivity index (χ1) is 12.6. The average Bonchev–Trinajstić information content (AvgIpc) is 2.54. The number of carbonyl (C=O) groups is 3. The van der Waals surface area contributed by atoms with Gasteiger partial charge in [-0.15, -0.1) is 6.58 Å². The first-order valence-electron chi connectivity index (χ1n) is 9.68. The van der Waals surface area contributed by atoms with Crippen LogP contribution in [0.3, 0.4) is 0 Å². The van der Waals surface area contributed by atoms with Gasteiger partial charge in [0.25, 0.3) is 0 Å². The van der Waals surface area contributed by atoms with E-state index in [2.05, 4.69) is 6.58 Å². The smallest absolute Gasteiger partial charge is 0.332 e. The summed E-state index contributed by atoms with van der Waals surface area (Å²) < 4.78 is 15.6. The topological polar surface area (TPSA) is 78.9 Å². The molecule has 6 heteroatoms. The van der Waals surface area contributed by atoms with Crippen molar-refractivity contribution in [1.29, 1.82) is 0 Å². The van der Waals surface area contributed by atoms with Crippen molar-refractivity contribution < 1.29 is 28.6 Å². The van der Waals surface area contributed by atoms with Crippen molar-refractivity contribution in [2.45, 2.75) is 78.7 Å². The average molecular weight is 385 g/mol. The van der Waals surface area contributed by atoms with Gasteiger partial charge in [-0.25, -0.2) is 4.79 Å². The van der Waals surface area contributed by atoms with Gasteiger partial charge in [0.1, 0.15) is 23.4 Å². The molecule has 0 heterocycles. The van der Waals surface area contributed by atoms with E-state index in [1.54, 1.807) is 33.8 Å². The summed E-state index contributed by atoms with van der Waals surface area (Å²) in [6.07, 6.45) is 5.31. The van der Waals surface area contributed by atoms with Crippen LogP contribution in [0, 0.1) is 5.41 Å². The summed E-state index contributed by atoms with van der Waals surface area (Å²) in [5.41, 5.74) is -1.80. The van der Waals surface area contributed by atoms with Crippen molar-refractivity contribution in [3.05, 3.63) is 12.7 Å². The van der Waals surface area contributed by atoms with E-state index in [0.717, 1.165) is 6.42 Å². The van der Waals surface area contributed by atoms with Crippen molar-refractivity contribution in [2.75, 3.05) is 19.8 Å². The van der Waals surface area contributed by atoms with Crippen molar-refractivity contribution in [3.8, 4) is 0 Å². The Morgan fingerprint density at radius 3 is 2.19 bits per heavy atom. The first-order valence-corrected chi connectivity index (χ1v) is 9.68. The normalized spacial score (nSPS) is 13.5. The Balaban J connectivity index is 4.82. The quantitative estimate of drug-likeness (QED) is 0.195. The molecule has 0 aliphatic heterocycles. The summed E-state index contributed by atoms with van der Waals surface area (Å²) in [5, 5.41) is 0. The number of carbonyl (C=O) groups excluding carboxylic acids is 3. The molecular formula is C21H36O6. The molecular weight excluding hydrogens is 348 g/mol. The van der Waals surface area contributed by atoms with Crippen LogP contribution >= 0.6 is 0 Å². The second kappa shape index (κ2) is 12.7. The van der Waals surface area contributed by atoms with Gasteiger partial charge in [0.2, 0.25) is 0 Å².